The van der Waals surface area contributed by atoms with Crippen molar-refractivity contribution in [3.63, 3.8) is 0 Å². The largest absolute Gasteiger partial charge is 0.355 e. The van der Waals surface area contributed by atoms with Crippen LogP contribution in [0.25, 0.3) is 16.0 Å². The van der Waals surface area contributed by atoms with Gasteiger partial charge >= 0.3 is 0 Å². The van der Waals surface area contributed by atoms with Crippen LogP contribution in [0.1, 0.15) is 37.1 Å². The molecule has 0 radical (unpaired) electrons. The minimum atomic E-state index is 0.537. The van der Waals surface area contributed by atoms with Crippen molar-refractivity contribution in [1.29, 1.82) is 0 Å². The second-order valence-electron chi connectivity index (χ2n) is 7.75. The van der Waals surface area contributed by atoms with Crippen LogP contribution in [0.3, 0.4) is 0 Å². The summed E-state index contributed by atoms with van der Waals surface area (Å²) < 4.78 is 4.02. The van der Waals surface area contributed by atoms with Gasteiger partial charge in [0.05, 0.1) is 0 Å². The molecule has 6 heteroatoms. The molecule has 0 aliphatic carbocycles. The summed E-state index contributed by atoms with van der Waals surface area (Å²) in [5, 5.41) is 0. The molecule has 0 saturated carbocycles. The molecule has 1 atom stereocenters. The molecule has 0 amide bonds. The Morgan fingerprint density at radius 3 is 2.50 bits per heavy atom. The van der Waals surface area contributed by atoms with E-state index in [4.69, 9.17) is 22.2 Å². The number of aryl methyl sites for hydroxylation is 1. The second kappa shape index (κ2) is 8.28. The van der Waals surface area contributed by atoms with Crippen molar-refractivity contribution in [1.82, 2.24) is 14.5 Å². The summed E-state index contributed by atoms with van der Waals surface area (Å²) in [7, 11) is 0. The smallest absolute Gasteiger partial charge is 0.168 e. The number of anilines is 1. The number of thiazole rings is 1. The molecule has 4 nitrogen and oxygen atoms in total. The lowest BCUT2D eigenvalue weighted by atomic mass is 9.99. The molecule has 1 aliphatic rings. The highest BCUT2D eigenvalue weighted by Gasteiger charge is 2.28. The lowest BCUT2D eigenvalue weighted by molar-refractivity contribution is 0.773. The van der Waals surface area contributed by atoms with E-state index < -0.39 is 0 Å². The van der Waals surface area contributed by atoms with Gasteiger partial charge in [0.1, 0.15) is 10.5 Å². The molecule has 1 fully saturated rings. The molecular weight excluding hydrogens is 408 g/mol. The average molecular weight is 433 g/mol. The topological polar surface area (TPSA) is 34.0 Å². The lowest BCUT2D eigenvalue weighted by Gasteiger charge is -2.19. The molecule has 30 heavy (non-hydrogen) atoms. The Morgan fingerprint density at radius 2 is 1.77 bits per heavy atom. The van der Waals surface area contributed by atoms with Gasteiger partial charge in [0.25, 0.3) is 0 Å². The number of rotatable bonds is 5. The van der Waals surface area contributed by atoms with Crippen LogP contribution < -0.4 is 4.90 Å². The quantitative estimate of drug-likeness (QED) is 0.354. The molecule has 2 aromatic heterocycles. The maximum atomic E-state index is 5.77. The molecule has 2 aromatic carbocycles. The molecule has 0 N–H and O–H groups in total. The third-order valence-corrected chi connectivity index (χ3v) is 7.07. The first-order valence-electron chi connectivity index (χ1n) is 10.5. The molecule has 0 bridgehead atoms. The van der Waals surface area contributed by atoms with E-state index in [9.17, 15) is 0 Å². The Labute approximate surface area is 185 Å². The number of nitrogens with zero attached hydrogens (tertiary/aromatic N) is 4. The third-order valence-electron chi connectivity index (χ3n) is 5.71. The van der Waals surface area contributed by atoms with E-state index in [1.54, 1.807) is 11.3 Å². The second-order valence-corrected chi connectivity index (χ2v) is 9.39. The first kappa shape index (κ1) is 19.4. The van der Waals surface area contributed by atoms with Crippen LogP contribution in [0.4, 0.5) is 5.82 Å². The van der Waals surface area contributed by atoms with E-state index in [0.29, 0.717) is 5.92 Å². The van der Waals surface area contributed by atoms with Gasteiger partial charge in [0.2, 0.25) is 0 Å². The first-order valence-corrected chi connectivity index (χ1v) is 11.7. The van der Waals surface area contributed by atoms with Crippen molar-refractivity contribution < 1.29 is 0 Å². The first-order chi connectivity index (χ1) is 14.7. The zero-order valence-corrected chi connectivity index (χ0v) is 18.6. The summed E-state index contributed by atoms with van der Waals surface area (Å²) in [6.07, 6.45) is 3.04. The fraction of sp³-hybridized carbons (Fsp3) is 0.292. The van der Waals surface area contributed by atoms with Gasteiger partial charge in [-0.3, -0.25) is 4.57 Å². The van der Waals surface area contributed by atoms with Gasteiger partial charge in [-0.1, -0.05) is 66.8 Å². The molecular formula is C24H24N4S2. The van der Waals surface area contributed by atoms with Crippen LogP contribution in [0.5, 0.6) is 0 Å². The van der Waals surface area contributed by atoms with E-state index in [0.717, 1.165) is 64.0 Å². The molecule has 4 aromatic rings. The summed E-state index contributed by atoms with van der Waals surface area (Å²) >= 11 is 7.39. The molecule has 0 spiro atoms. The van der Waals surface area contributed by atoms with Crippen LogP contribution in [0.2, 0.25) is 0 Å². The van der Waals surface area contributed by atoms with Crippen molar-refractivity contribution in [2.75, 3.05) is 18.0 Å². The number of fused-ring (bicyclic) bond motifs is 1. The van der Waals surface area contributed by atoms with Crippen molar-refractivity contribution in [3.8, 4) is 5.69 Å². The fourth-order valence-electron chi connectivity index (χ4n) is 4.24. The Bertz CT molecular complexity index is 1210. The summed E-state index contributed by atoms with van der Waals surface area (Å²) in [5.41, 5.74) is 3.41. The SMILES string of the molecule is CCCc1nc(N2CCC(c3ccccc3)C2)c2sc(=S)n(-c3ccccc3)c2n1. The predicted molar refractivity (Wildman–Crippen MR) is 128 cm³/mol. The van der Waals surface area contributed by atoms with Crippen LogP contribution in [0, 0.1) is 3.95 Å². The molecule has 3 heterocycles. The fourth-order valence-corrected chi connectivity index (χ4v) is 5.63. The van der Waals surface area contributed by atoms with Gasteiger partial charge < -0.3 is 4.90 Å². The van der Waals surface area contributed by atoms with E-state index in [2.05, 4.69) is 58.9 Å². The van der Waals surface area contributed by atoms with Crippen LogP contribution >= 0.6 is 23.6 Å². The van der Waals surface area contributed by atoms with Gasteiger partial charge in [0.15, 0.2) is 15.4 Å². The number of benzene rings is 2. The molecule has 5 rings (SSSR count). The van der Waals surface area contributed by atoms with E-state index >= 15 is 0 Å². The predicted octanol–water partition coefficient (Wildman–Crippen LogP) is 6.16. The van der Waals surface area contributed by atoms with Crippen molar-refractivity contribution in [3.05, 3.63) is 76.0 Å². The minimum Gasteiger partial charge on any atom is -0.355 e. The molecule has 1 unspecified atom stereocenters. The van der Waals surface area contributed by atoms with Gasteiger partial charge in [0, 0.05) is 31.1 Å². The Kier molecular flexibility index (Phi) is 5.35. The number of hydrogen-bond donors (Lipinski definition) is 0. The van der Waals surface area contributed by atoms with Gasteiger partial charge in [-0.2, -0.15) is 0 Å². The Hall–Kier alpha value is -2.57. The van der Waals surface area contributed by atoms with E-state index in [-0.39, 0.29) is 0 Å². The maximum absolute atomic E-state index is 5.77. The number of hydrogen-bond acceptors (Lipinski definition) is 5. The molecule has 1 aliphatic heterocycles. The summed E-state index contributed by atoms with van der Waals surface area (Å²) in [6.45, 7) is 4.16. The molecule has 1 saturated heterocycles. The van der Waals surface area contributed by atoms with Crippen molar-refractivity contribution in [2.45, 2.75) is 32.1 Å². The summed E-state index contributed by atoms with van der Waals surface area (Å²) in [4.78, 5) is 12.4. The Morgan fingerprint density at radius 1 is 1.03 bits per heavy atom. The van der Waals surface area contributed by atoms with Crippen LogP contribution in [-0.2, 0) is 6.42 Å². The average Bonchev–Trinajstić information content (AvgIpc) is 3.39. The van der Waals surface area contributed by atoms with Gasteiger partial charge in [-0.05, 0) is 42.8 Å². The third kappa shape index (κ3) is 3.55. The van der Waals surface area contributed by atoms with E-state index in [1.807, 2.05) is 18.2 Å². The monoisotopic (exact) mass is 432 g/mol. The van der Waals surface area contributed by atoms with Gasteiger partial charge in [-0.15, -0.1) is 0 Å². The maximum Gasteiger partial charge on any atom is 0.168 e. The van der Waals surface area contributed by atoms with Crippen LogP contribution in [0.15, 0.2) is 60.7 Å². The summed E-state index contributed by atoms with van der Waals surface area (Å²) in [5.74, 6) is 2.49. The zero-order chi connectivity index (χ0) is 20.5. The normalized spacial score (nSPS) is 16.4. The lowest BCUT2D eigenvalue weighted by Crippen LogP contribution is -2.21. The van der Waals surface area contributed by atoms with Crippen molar-refractivity contribution >= 4 is 39.7 Å². The number of aromatic nitrogens is 3. The van der Waals surface area contributed by atoms with Gasteiger partial charge in [-0.25, -0.2) is 9.97 Å². The Balaban J connectivity index is 1.61. The molecule has 152 valence electrons. The highest BCUT2D eigenvalue weighted by Crippen LogP contribution is 2.37. The number of para-hydroxylation sites is 1. The van der Waals surface area contributed by atoms with Crippen molar-refractivity contribution in [2.24, 2.45) is 0 Å². The highest BCUT2D eigenvalue weighted by atomic mass is 32.1. The minimum absolute atomic E-state index is 0.537. The van der Waals surface area contributed by atoms with Crippen LogP contribution in [-0.4, -0.2) is 27.6 Å². The zero-order valence-electron chi connectivity index (χ0n) is 17.0. The highest BCUT2D eigenvalue weighted by molar-refractivity contribution is 7.73. The summed E-state index contributed by atoms with van der Waals surface area (Å²) in [6, 6.07) is 21.1. The standard InChI is InChI=1S/C24H24N4S2/c1-2-9-20-25-22(27-15-14-18(16-27)17-10-5-3-6-11-17)21-23(26-20)28(24(29)30-21)19-12-7-4-8-13-19/h3-8,10-13,18H,2,9,14-16H2,1H3. The van der Waals surface area contributed by atoms with E-state index in [1.165, 1.54) is 5.56 Å².